The molecule has 0 rings (SSSR count). The molecule has 3 heteroatoms. The van der Waals surface area contributed by atoms with Crippen molar-refractivity contribution in [3.63, 3.8) is 0 Å². The molecule has 0 aliphatic heterocycles. The average molecular weight is 116 g/mol. The Labute approximate surface area is 48.7 Å². The summed E-state index contributed by atoms with van der Waals surface area (Å²) in [6, 6.07) is 0. The van der Waals surface area contributed by atoms with Crippen LogP contribution in [0.4, 0.5) is 0 Å². The molecule has 3 nitrogen and oxygen atoms in total. The molecule has 1 amide bonds. The molecule has 0 aromatic heterocycles. The van der Waals surface area contributed by atoms with Gasteiger partial charge in [0.2, 0.25) is 0 Å². The fraction of sp³-hybridized carbons (Fsp3) is 0.800. The van der Waals surface area contributed by atoms with Crippen LogP contribution in [0.15, 0.2) is 0 Å². The Kier molecular flexibility index (Phi) is 4.26. The molecular weight excluding hydrogens is 106 g/mol. The largest absolute Gasteiger partial charge is 0.393 e. The van der Waals surface area contributed by atoms with E-state index >= 15 is 0 Å². The van der Waals surface area contributed by atoms with Gasteiger partial charge in [0.1, 0.15) is 0 Å². The maximum Gasteiger partial charge on any atom is 0.309 e. The first-order valence-electron chi connectivity index (χ1n) is 2.55. The zero-order valence-corrected chi connectivity index (χ0v) is 4.85. The highest BCUT2D eigenvalue weighted by Crippen LogP contribution is 1.83. The van der Waals surface area contributed by atoms with Crippen LogP contribution in [-0.2, 0) is 4.79 Å². The van der Waals surface area contributed by atoms with Gasteiger partial charge in [-0.3, -0.25) is 4.79 Å². The topological polar surface area (TPSA) is 49.3 Å². The number of hydrogen-bond acceptors (Lipinski definition) is 2. The first kappa shape index (κ1) is 7.43. The number of rotatable bonds is 4. The maximum atomic E-state index is 9.47. The summed E-state index contributed by atoms with van der Waals surface area (Å²) >= 11 is 0. The summed E-state index contributed by atoms with van der Waals surface area (Å²) in [5, 5.41) is 10.9. The molecule has 0 spiro atoms. The lowest BCUT2D eigenvalue weighted by Crippen LogP contribution is -2.16. The van der Waals surface area contributed by atoms with Crippen molar-refractivity contribution in [1.82, 2.24) is 5.32 Å². The van der Waals surface area contributed by atoms with E-state index in [0.29, 0.717) is 13.0 Å². The molecule has 0 fully saturated rings. The molecule has 0 saturated heterocycles. The summed E-state index contributed by atoms with van der Waals surface area (Å²) in [5.41, 5.74) is 0. The normalized spacial score (nSPS) is 12.8. The summed E-state index contributed by atoms with van der Waals surface area (Å²) in [5.74, 6) is 0. The highest BCUT2D eigenvalue weighted by Gasteiger charge is 1.91. The average Bonchev–Trinajstić information content (AvgIpc) is 1.66. The van der Waals surface area contributed by atoms with E-state index in [-0.39, 0.29) is 6.10 Å². The van der Waals surface area contributed by atoms with Crippen LogP contribution >= 0.6 is 0 Å². The van der Waals surface area contributed by atoms with Crippen molar-refractivity contribution in [2.75, 3.05) is 6.54 Å². The number of aliphatic hydroxyl groups is 1. The number of amides is 1. The summed E-state index contributed by atoms with van der Waals surface area (Å²) in [6.45, 7) is 2.17. The molecule has 0 aromatic carbocycles. The number of hydrogen-bond donors (Lipinski definition) is 2. The maximum absolute atomic E-state index is 9.47. The lowest BCUT2D eigenvalue weighted by Gasteiger charge is -1.99. The third-order valence-corrected chi connectivity index (χ3v) is 0.759. The van der Waals surface area contributed by atoms with Gasteiger partial charge in [0, 0.05) is 6.54 Å². The van der Waals surface area contributed by atoms with Crippen LogP contribution in [0.5, 0.6) is 0 Å². The van der Waals surface area contributed by atoms with E-state index in [1.165, 1.54) is 6.41 Å². The Morgan fingerprint density at radius 3 is 2.88 bits per heavy atom. The molecule has 47 valence electrons. The van der Waals surface area contributed by atoms with Crippen molar-refractivity contribution in [1.29, 1.82) is 0 Å². The standard InChI is InChI=1S/C5H10NO2/c1-5(8)2-3-6-4-7/h5,8H,2-3H2,1H3,(H,6,7). The van der Waals surface area contributed by atoms with Gasteiger partial charge in [0.05, 0.1) is 6.10 Å². The van der Waals surface area contributed by atoms with Gasteiger partial charge in [-0.05, 0) is 13.3 Å². The predicted molar refractivity (Wildman–Crippen MR) is 30.0 cm³/mol. The molecule has 0 heterocycles. The van der Waals surface area contributed by atoms with Crippen molar-refractivity contribution in [3.05, 3.63) is 0 Å². The van der Waals surface area contributed by atoms with Crippen LogP contribution in [0.3, 0.4) is 0 Å². The highest BCUT2D eigenvalue weighted by molar-refractivity contribution is 5.46. The van der Waals surface area contributed by atoms with Crippen LogP contribution in [0.2, 0.25) is 0 Å². The third-order valence-electron chi connectivity index (χ3n) is 0.759. The molecule has 8 heavy (non-hydrogen) atoms. The lowest BCUT2D eigenvalue weighted by atomic mass is 10.3. The Morgan fingerprint density at radius 2 is 2.50 bits per heavy atom. The van der Waals surface area contributed by atoms with Gasteiger partial charge in [0.15, 0.2) is 0 Å². The van der Waals surface area contributed by atoms with E-state index < -0.39 is 0 Å². The zero-order chi connectivity index (χ0) is 6.41. The minimum Gasteiger partial charge on any atom is -0.393 e. The number of carbonyl (C=O) groups excluding carboxylic acids is 1. The van der Waals surface area contributed by atoms with Crippen LogP contribution in [0, 0.1) is 0 Å². The van der Waals surface area contributed by atoms with Crippen molar-refractivity contribution in [2.24, 2.45) is 0 Å². The van der Waals surface area contributed by atoms with Gasteiger partial charge in [0.25, 0.3) is 0 Å². The molecule has 0 aromatic rings. The van der Waals surface area contributed by atoms with Crippen LogP contribution < -0.4 is 5.32 Å². The monoisotopic (exact) mass is 116 g/mol. The van der Waals surface area contributed by atoms with E-state index in [1.807, 2.05) is 0 Å². The minimum absolute atomic E-state index is 0.337. The Hall–Kier alpha value is -0.570. The quantitative estimate of drug-likeness (QED) is 0.381. The van der Waals surface area contributed by atoms with Gasteiger partial charge in [-0.25, -0.2) is 0 Å². The molecule has 0 saturated carbocycles. The van der Waals surface area contributed by atoms with Crippen molar-refractivity contribution >= 4 is 6.41 Å². The van der Waals surface area contributed by atoms with Crippen LogP contribution in [0.1, 0.15) is 13.3 Å². The van der Waals surface area contributed by atoms with Crippen molar-refractivity contribution in [2.45, 2.75) is 19.4 Å². The Balaban J connectivity index is 2.81. The third kappa shape index (κ3) is 5.43. The van der Waals surface area contributed by atoms with Gasteiger partial charge in [-0.15, -0.1) is 0 Å². The van der Waals surface area contributed by atoms with Gasteiger partial charge in [-0.2, -0.15) is 0 Å². The Bertz CT molecular complexity index is 63.4. The first-order valence-corrected chi connectivity index (χ1v) is 2.55. The molecule has 0 bridgehead atoms. The second-order valence-corrected chi connectivity index (χ2v) is 1.67. The molecule has 1 unspecified atom stereocenters. The zero-order valence-electron chi connectivity index (χ0n) is 4.85. The molecule has 2 N–H and O–H groups in total. The summed E-state index contributed by atoms with van der Waals surface area (Å²) in [4.78, 5) is 9.47. The predicted octanol–water partition coefficient (Wildman–Crippen LogP) is -0.586. The van der Waals surface area contributed by atoms with Gasteiger partial charge < -0.3 is 10.4 Å². The molecule has 0 aliphatic rings. The summed E-state index contributed by atoms with van der Waals surface area (Å²) < 4.78 is 0. The van der Waals surface area contributed by atoms with E-state index in [2.05, 4.69) is 5.32 Å². The second kappa shape index (κ2) is 4.59. The fourth-order valence-corrected chi connectivity index (χ4v) is 0.332. The van der Waals surface area contributed by atoms with E-state index in [9.17, 15) is 4.79 Å². The van der Waals surface area contributed by atoms with Gasteiger partial charge >= 0.3 is 6.41 Å². The van der Waals surface area contributed by atoms with Crippen LogP contribution in [-0.4, -0.2) is 24.2 Å². The first-order chi connectivity index (χ1) is 3.77. The fourth-order valence-electron chi connectivity index (χ4n) is 0.332. The van der Waals surface area contributed by atoms with Crippen LogP contribution in [0.25, 0.3) is 0 Å². The molecular formula is C5H10NO2. The number of nitrogens with one attached hydrogen (secondary N) is 1. The van der Waals surface area contributed by atoms with E-state index in [4.69, 9.17) is 5.11 Å². The smallest absolute Gasteiger partial charge is 0.309 e. The molecule has 1 radical (unpaired) electrons. The SMILES string of the molecule is CC(O)CCN[C]=O. The minimum atomic E-state index is -0.337. The molecule has 1 atom stereocenters. The summed E-state index contributed by atoms with van der Waals surface area (Å²) in [6.07, 6.45) is 1.77. The van der Waals surface area contributed by atoms with Crippen molar-refractivity contribution in [3.8, 4) is 0 Å². The second-order valence-electron chi connectivity index (χ2n) is 1.67. The Morgan fingerprint density at radius 1 is 1.88 bits per heavy atom. The van der Waals surface area contributed by atoms with E-state index in [0.717, 1.165) is 0 Å². The van der Waals surface area contributed by atoms with Gasteiger partial charge in [-0.1, -0.05) is 0 Å². The lowest BCUT2D eigenvalue weighted by molar-refractivity contribution is 0.185. The van der Waals surface area contributed by atoms with Crippen molar-refractivity contribution < 1.29 is 9.90 Å². The van der Waals surface area contributed by atoms with E-state index in [1.54, 1.807) is 6.92 Å². The summed E-state index contributed by atoms with van der Waals surface area (Å²) in [7, 11) is 0. The molecule has 0 aliphatic carbocycles. The highest BCUT2D eigenvalue weighted by atomic mass is 16.3. The number of aliphatic hydroxyl groups excluding tert-OH is 1.